The van der Waals surface area contributed by atoms with Crippen LogP contribution in [0.25, 0.3) is 11.5 Å². The Balaban J connectivity index is 1.72. The smallest absolute Gasteiger partial charge is 0.248 e. The molecule has 0 amide bonds. The quantitative estimate of drug-likeness (QED) is 0.786. The molecule has 106 valence electrons. The fourth-order valence-corrected chi connectivity index (χ4v) is 3.60. The third-order valence-corrected chi connectivity index (χ3v) is 4.75. The van der Waals surface area contributed by atoms with Crippen molar-refractivity contribution in [2.24, 2.45) is 0 Å². The number of thiophene rings is 1. The van der Waals surface area contributed by atoms with Crippen LogP contribution >= 0.6 is 22.9 Å². The maximum absolute atomic E-state index is 6.12. The van der Waals surface area contributed by atoms with Gasteiger partial charge < -0.3 is 9.84 Å². The van der Waals surface area contributed by atoms with Crippen molar-refractivity contribution < 1.29 is 4.52 Å². The summed E-state index contributed by atoms with van der Waals surface area (Å²) in [4.78, 5) is 10.0. The molecule has 3 aromatic heterocycles. The van der Waals surface area contributed by atoms with Crippen LogP contribution in [-0.4, -0.2) is 21.7 Å². The molecule has 1 atom stereocenters. The summed E-state index contributed by atoms with van der Waals surface area (Å²) in [6, 6.07) is 5.58. The lowest BCUT2D eigenvalue weighted by Crippen LogP contribution is -2.29. The van der Waals surface area contributed by atoms with Crippen molar-refractivity contribution in [1.29, 1.82) is 0 Å². The molecule has 0 bridgehead atoms. The van der Waals surface area contributed by atoms with E-state index in [9.17, 15) is 0 Å². The Kier molecular flexibility index (Phi) is 3.21. The van der Waals surface area contributed by atoms with Crippen LogP contribution < -0.4 is 5.32 Å². The van der Waals surface area contributed by atoms with Gasteiger partial charge in [-0.05, 0) is 35.6 Å². The molecule has 21 heavy (non-hydrogen) atoms. The summed E-state index contributed by atoms with van der Waals surface area (Å²) >= 11 is 7.89. The Hall–Kier alpha value is -1.76. The van der Waals surface area contributed by atoms with Gasteiger partial charge in [0.15, 0.2) is 0 Å². The highest BCUT2D eigenvalue weighted by Crippen LogP contribution is 2.32. The summed E-state index contributed by atoms with van der Waals surface area (Å²) in [6.45, 7) is 0.903. The van der Waals surface area contributed by atoms with Gasteiger partial charge in [-0.3, -0.25) is 4.98 Å². The molecule has 0 radical (unpaired) electrons. The van der Waals surface area contributed by atoms with E-state index < -0.39 is 0 Å². The number of hydrogen-bond donors (Lipinski definition) is 1. The van der Waals surface area contributed by atoms with E-state index in [4.69, 9.17) is 16.1 Å². The van der Waals surface area contributed by atoms with Gasteiger partial charge in [0.25, 0.3) is 0 Å². The van der Waals surface area contributed by atoms with Gasteiger partial charge in [-0.1, -0.05) is 16.8 Å². The lowest BCUT2D eigenvalue weighted by molar-refractivity contribution is 0.344. The third-order valence-electron chi connectivity index (χ3n) is 3.45. The van der Waals surface area contributed by atoms with E-state index in [-0.39, 0.29) is 6.04 Å². The molecule has 4 rings (SSSR count). The first-order valence-electron chi connectivity index (χ1n) is 6.57. The van der Waals surface area contributed by atoms with Crippen LogP contribution in [0.1, 0.15) is 22.4 Å². The Morgan fingerprint density at radius 3 is 3.24 bits per heavy atom. The Bertz CT molecular complexity index is 785. The molecule has 7 heteroatoms. The minimum atomic E-state index is -0.0521. The first-order valence-corrected chi connectivity index (χ1v) is 7.83. The van der Waals surface area contributed by atoms with E-state index in [0.717, 1.165) is 13.0 Å². The van der Waals surface area contributed by atoms with Crippen molar-refractivity contribution in [1.82, 2.24) is 20.4 Å². The predicted octanol–water partition coefficient (Wildman–Crippen LogP) is 3.08. The molecule has 1 unspecified atom stereocenters. The highest BCUT2D eigenvalue weighted by Gasteiger charge is 2.27. The fraction of sp³-hybridized carbons (Fsp3) is 0.214. The second-order valence-electron chi connectivity index (χ2n) is 4.73. The zero-order valence-corrected chi connectivity index (χ0v) is 12.5. The molecule has 4 heterocycles. The summed E-state index contributed by atoms with van der Waals surface area (Å²) in [6.07, 6.45) is 2.70. The maximum Gasteiger partial charge on any atom is 0.248 e. The number of rotatable bonds is 2. The molecule has 0 fully saturated rings. The molecule has 0 spiro atoms. The number of aromatic nitrogens is 3. The van der Waals surface area contributed by atoms with Crippen LogP contribution in [0, 0.1) is 0 Å². The van der Waals surface area contributed by atoms with Gasteiger partial charge in [-0.2, -0.15) is 4.98 Å². The molecule has 1 aliphatic rings. The highest BCUT2D eigenvalue weighted by molar-refractivity contribution is 7.10. The van der Waals surface area contributed by atoms with Crippen LogP contribution in [0.2, 0.25) is 5.02 Å². The average Bonchev–Trinajstić information content (AvgIpc) is 3.16. The molecular weight excluding hydrogens is 308 g/mol. The molecule has 0 aliphatic carbocycles. The molecule has 1 N–H and O–H groups in total. The van der Waals surface area contributed by atoms with Crippen molar-refractivity contribution in [2.75, 3.05) is 6.54 Å². The van der Waals surface area contributed by atoms with Gasteiger partial charge in [0.1, 0.15) is 11.7 Å². The molecule has 0 saturated heterocycles. The minimum absolute atomic E-state index is 0.0521. The summed E-state index contributed by atoms with van der Waals surface area (Å²) in [5, 5.41) is 10.0. The van der Waals surface area contributed by atoms with E-state index >= 15 is 0 Å². The van der Waals surface area contributed by atoms with Gasteiger partial charge in [0.2, 0.25) is 11.7 Å². The van der Waals surface area contributed by atoms with E-state index in [1.165, 1.54) is 10.4 Å². The van der Waals surface area contributed by atoms with Gasteiger partial charge >= 0.3 is 0 Å². The second kappa shape index (κ2) is 5.22. The van der Waals surface area contributed by atoms with Crippen molar-refractivity contribution in [2.45, 2.75) is 12.5 Å². The zero-order valence-electron chi connectivity index (χ0n) is 10.9. The van der Waals surface area contributed by atoms with E-state index in [1.54, 1.807) is 29.7 Å². The fourth-order valence-electron chi connectivity index (χ4n) is 2.47. The van der Waals surface area contributed by atoms with Gasteiger partial charge in [-0.25, -0.2) is 0 Å². The average molecular weight is 319 g/mol. The van der Waals surface area contributed by atoms with Crippen molar-refractivity contribution in [3.8, 4) is 11.5 Å². The largest absolute Gasteiger partial charge is 0.337 e. The predicted molar refractivity (Wildman–Crippen MR) is 80.4 cm³/mol. The SMILES string of the molecule is Clc1cccnc1-c1noc(C2NCCc3sccc32)n1. The minimum Gasteiger partial charge on any atom is -0.337 e. The van der Waals surface area contributed by atoms with Crippen LogP contribution in [0.4, 0.5) is 0 Å². The Morgan fingerprint density at radius 1 is 1.38 bits per heavy atom. The standard InChI is InChI=1S/C14H11ClN4OS/c15-9-2-1-5-16-12(9)13-18-14(20-19-13)11-8-4-7-21-10(8)3-6-17-11/h1-2,4-5,7,11,17H,3,6H2. The number of pyridine rings is 1. The Morgan fingerprint density at radius 2 is 2.33 bits per heavy atom. The number of nitrogens with one attached hydrogen (secondary N) is 1. The van der Waals surface area contributed by atoms with Gasteiger partial charge in [-0.15, -0.1) is 11.3 Å². The first-order chi connectivity index (χ1) is 10.3. The van der Waals surface area contributed by atoms with Gasteiger partial charge in [0.05, 0.1) is 5.02 Å². The molecular formula is C14H11ClN4OS. The number of nitrogens with zero attached hydrogens (tertiary/aromatic N) is 3. The number of halogens is 1. The molecule has 1 aliphatic heterocycles. The lowest BCUT2D eigenvalue weighted by atomic mass is 10.0. The van der Waals surface area contributed by atoms with Gasteiger partial charge in [0, 0.05) is 17.6 Å². The molecule has 0 aromatic carbocycles. The van der Waals surface area contributed by atoms with Crippen LogP contribution in [0.3, 0.4) is 0 Å². The second-order valence-corrected chi connectivity index (χ2v) is 6.13. The highest BCUT2D eigenvalue weighted by atomic mass is 35.5. The zero-order chi connectivity index (χ0) is 14.2. The van der Waals surface area contributed by atoms with E-state index in [2.05, 4.69) is 31.9 Å². The normalized spacial score (nSPS) is 17.7. The number of fused-ring (bicyclic) bond motifs is 1. The third kappa shape index (κ3) is 2.25. The van der Waals surface area contributed by atoms with Crippen LogP contribution in [0.5, 0.6) is 0 Å². The Labute approximate surface area is 130 Å². The van der Waals surface area contributed by atoms with Crippen molar-refractivity contribution >= 4 is 22.9 Å². The van der Waals surface area contributed by atoms with E-state index in [0.29, 0.717) is 22.4 Å². The van der Waals surface area contributed by atoms with Crippen LogP contribution in [-0.2, 0) is 6.42 Å². The monoisotopic (exact) mass is 318 g/mol. The van der Waals surface area contributed by atoms with Crippen molar-refractivity contribution in [3.05, 3.63) is 51.1 Å². The maximum atomic E-state index is 6.12. The topological polar surface area (TPSA) is 63.8 Å². The summed E-state index contributed by atoms with van der Waals surface area (Å²) in [5.41, 5.74) is 1.75. The lowest BCUT2D eigenvalue weighted by Gasteiger charge is -2.20. The van der Waals surface area contributed by atoms with E-state index in [1.807, 2.05) is 0 Å². The molecule has 0 saturated carbocycles. The first kappa shape index (κ1) is 12.9. The molecule has 3 aromatic rings. The summed E-state index contributed by atoms with van der Waals surface area (Å²) < 4.78 is 5.42. The summed E-state index contributed by atoms with van der Waals surface area (Å²) in [5.74, 6) is 0.964. The number of hydrogen-bond acceptors (Lipinski definition) is 6. The molecule has 5 nitrogen and oxygen atoms in total. The van der Waals surface area contributed by atoms with Crippen LogP contribution in [0.15, 0.2) is 34.3 Å². The van der Waals surface area contributed by atoms with Crippen molar-refractivity contribution in [3.63, 3.8) is 0 Å². The summed E-state index contributed by atoms with van der Waals surface area (Å²) in [7, 11) is 0.